The predicted octanol–water partition coefficient (Wildman–Crippen LogP) is -2.10. The van der Waals surface area contributed by atoms with Crippen molar-refractivity contribution in [2.24, 2.45) is 50.2 Å². The van der Waals surface area contributed by atoms with Crippen molar-refractivity contribution in [3.05, 3.63) is 41.5 Å². The molecule has 4 heterocycles. The van der Waals surface area contributed by atoms with E-state index in [2.05, 4.69) is 32.2 Å². The maximum absolute atomic E-state index is 13.1. The molecular formula is C61H95NO25. The first-order valence-electron chi connectivity index (χ1n) is 30.8. The van der Waals surface area contributed by atoms with E-state index in [0.717, 1.165) is 5.57 Å². The van der Waals surface area contributed by atoms with Crippen LogP contribution >= 0.6 is 0 Å². The number of nitrogens with one attached hydrogen (secondary N) is 1. The highest BCUT2D eigenvalue weighted by atomic mass is 16.7. The van der Waals surface area contributed by atoms with Gasteiger partial charge in [0, 0.05) is 23.6 Å². The van der Waals surface area contributed by atoms with Crippen LogP contribution in [0.15, 0.2) is 35.9 Å². The Kier molecular flexibility index (Phi) is 19.6. The quantitative estimate of drug-likeness (QED) is 0.0479. The summed E-state index contributed by atoms with van der Waals surface area (Å²) in [6.07, 6.45) is -26.8. The van der Waals surface area contributed by atoms with Gasteiger partial charge in [-0.25, -0.2) is 4.79 Å². The van der Waals surface area contributed by atoms with E-state index in [4.69, 9.17) is 42.6 Å². The number of para-hydroxylation sites is 1. The Morgan fingerprint density at radius 3 is 1.75 bits per heavy atom. The Morgan fingerprint density at radius 1 is 0.598 bits per heavy atom. The molecule has 30 atom stereocenters. The van der Waals surface area contributed by atoms with E-state index in [0.29, 0.717) is 50.6 Å². The van der Waals surface area contributed by atoms with Crippen LogP contribution in [0.1, 0.15) is 103 Å². The second kappa shape index (κ2) is 25.3. The molecule has 10 rings (SSSR count). The summed E-state index contributed by atoms with van der Waals surface area (Å²) in [5.74, 6) is -1.11. The summed E-state index contributed by atoms with van der Waals surface area (Å²) in [4.78, 5) is 13.1. The number of ether oxygens (including phenoxy) is 9. The zero-order chi connectivity index (χ0) is 63.2. The van der Waals surface area contributed by atoms with E-state index in [1.165, 1.54) is 0 Å². The molecule has 4 aliphatic heterocycles. The molecule has 30 unspecified atom stereocenters. The van der Waals surface area contributed by atoms with Gasteiger partial charge in [0.1, 0.15) is 98.2 Å². The van der Waals surface area contributed by atoms with Crippen molar-refractivity contribution < 1.29 is 124 Å². The highest BCUT2D eigenvalue weighted by Crippen LogP contribution is 2.76. The number of benzene rings is 1. The molecule has 0 bridgehead atoms. The molecule has 494 valence electrons. The van der Waals surface area contributed by atoms with Gasteiger partial charge in [0.05, 0.1) is 56.9 Å². The summed E-state index contributed by atoms with van der Waals surface area (Å²) in [5, 5.41) is 169. The summed E-state index contributed by atoms with van der Waals surface area (Å²) in [6, 6.07) is 6.71. The summed E-state index contributed by atoms with van der Waals surface area (Å²) in [5.41, 5.74) is -2.13. The van der Waals surface area contributed by atoms with Crippen molar-refractivity contribution in [2.75, 3.05) is 52.0 Å². The van der Waals surface area contributed by atoms with Gasteiger partial charge < -0.3 is 125 Å². The minimum atomic E-state index is -1.84. The molecular weight excluding hydrogens is 1150 g/mol. The highest BCUT2D eigenvalue weighted by molar-refractivity contribution is 5.95. The minimum Gasteiger partial charge on any atom is -0.459 e. The third-order valence-corrected chi connectivity index (χ3v) is 23.1. The second-order valence-corrected chi connectivity index (χ2v) is 28.2. The molecule has 0 amide bonds. The first-order chi connectivity index (χ1) is 41.0. The van der Waals surface area contributed by atoms with Crippen LogP contribution in [0, 0.1) is 50.2 Å². The van der Waals surface area contributed by atoms with Gasteiger partial charge in [-0.1, -0.05) is 65.3 Å². The van der Waals surface area contributed by atoms with E-state index in [9.17, 15) is 81.4 Å². The lowest BCUT2D eigenvalue weighted by Gasteiger charge is -2.72. The molecule has 1 aromatic carbocycles. The van der Waals surface area contributed by atoms with Crippen molar-refractivity contribution >= 4 is 11.7 Å². The molecule has 9 aliphatic rings. The highest BCUT2D eigenvalue weighted by Gasteiger charge is 2.72. The number of esters is 1. The molecule has 4 saturated carbocycles. The van der Waals surface area contributed by atoms with Crippen LogP contribution in [-0.4, -0.2) is 264 Å². The van der Waals surface area contributed by atoms with Crippen LogP contribution in [-0.2, 0) is 42.6 Å². The lowest BCUT2D eigenvalue weighted by molar-refractivity contribution is -0.350. The molecule has 87 heavy (non-hydrogen) atoms. The van der Waals surface area contributed by atoms with E-state index in [1.807, 2.05) is 20.8 Å². The van der Waals surface area contributed by atoms with Gasteiger partial charge in [-0.2, -0.15) is 0 Å². The van der Waals surface area contributed by atoms with Crippen molar-refractivity contribution in [1.82, 2.24) is 0 Å². The number of hydrogen-bond acceptors (Lipinski definition) is 26. The number of hydrogen-bond donors (Lipinski definition) is 16. The molecule has 0 radical (unpaired) electrons. The lowest BCUT2D eigenvalue weighted by Crippen LogP contribution is -2.69. The van der Waals surface area contributed by atoms with Gasteiger partial charge >= 0.3 is 5.97 Å². The zero-order valence-corrected chi connectivity index (χ0v) is 50.5. The van der Waals surface area contributed by atoms with E-state index >= 15 is 0 Å². The average Bonchev–Trinajstić information content (AvgIpc) is 0.696. The number of anilines is 1. The molecule has 1 aromatic rings. The first-order valence-corrected chi connectivity index (χ1v) is 30.8. The Labute approximate surface area is 505 Å². The predicted molar refractivity (Wildman–Crippen MR) is 300 cm³/mol. The summed E-state index contributed by atoms with van der Waals surface area (Å²) < 4.78 is 53.3. The summed E-state index contributed by atoms with van der Waals surface area (Å²) in [6.45, 7) is 10.1. The topological polar surface area (TPSA) is 416 Å². The van der Waals surface area contributed by atoms with Gasteiger partial charge in [-0.15, -0.1) is 0 Å². The molecule has 16 N–H and O–H groups in total. The fourth-order valence-electron chi connectivity index (χ4n) is 17.4. The zero-order valence-electron chi connectivity index (χ0n) is 50.5. The van der Waals surface area contributed by atoms with Crippen LogP contribution < -0.4 is 5.32 Å². The van der Waals surface area contributed by atoms with Crippen LogP contribution in [0.25, 0.3) is 0 Å². The summed E-state index contributed by atoms with van der Waals surface area (Å²) >= 11 is 0. The Hall–Kier alpha value is -2.69. The second-order valence-electron chi connectivity index (χ2n) is 28.2. The van der Waals surface area contributed by atoms with E-state index in [1.54, 1.807) is 31.3 Å². The van der Waals surface area contributed by atoms with Gasteiger partial charge in [0.15, 0.2) is 25.2 Å². The third kappa shape index (κ3) is 11.5. The Morgan fingerprint density at radius 2 is 1.15 bits per heavy atom. The fourth-order valence-corrected chi connectivity index (χ4v) is 17.4. The van der Waals surface area contributed by atoms with Crippen molar-refractivity contribution in [1.29, 1.82) is 0 Å². The number of carbonyl (C=O) groups is 1. The SMILES string of the molecule is CNc1ccccc1C(=O)OCC1OC(OC2CC3(CO)C(O)CC4(C)C(=CCC5C6(C)CCC(OC7OC(COC8OC(COC9OCC(O)C(O)C9O)C(O)C(O)C8O)C(O)C(O)C7O)C(C)(CO)C6CCC54C)C3CC2(C)C)C(O)C(O)C1O. The maximum Gasteiger partial charge on any atom is 0.340 e. The van der Waals surface area contributed by atoms with E-state index in [-0.39, 0.29) is 49.6 Å². The third-order valence-electron chi connectivity index (χ3n) is 23.1. The number of fused-ring (bicyclic) bond motifs is 7. The molecule has 26 heteroatoms. The van der Waals surface area contributed by atoms with Crippen LogP contribution in [0.4, 0.5) is 5.69 Å². The number of aliphatic hydroxyl groups is 15. The maximum atomic E-state index is 13.1. The fraction of sp³-hybridized carbons (Fsp3) is 0.852. The number of carbonyl (C=O) groups excluding carboxylic acids is 1. The smallest absolute Gasteiger partial charge is 0.340 e. The molecule has 5 aliphatic carbocycles. The molecule has 4 saturated heterocycles. The van der Waals surface area contributed by atoms with Crippen LogP contribution in [0.3, 0.4) is 0 Å². The molecule has 26 nitrogen and oxygen atoms in total. The van der Waals surface area contributed by atoms with Gasteiger partial charge in [0.2, 0.25) is 0 Å². The number of aliphatic hydroxyl groups excluding tert-OH is 15. The molecule has 8 fully saturated rings. The normalized spacial score (nSPS) is 50.6. The summed E-state index contributed by atoms with van der Waals surface area (Å²) in [7, 11) is 1.66. The largest absolute Gasteiger partial charge is 0.459 e. The van der Waals surface area contributed by atoms with E-state index < -0.39 is 193 Å². The lowest BCUT2D eigenvalue weighted by atomic mass is 9.33. The number of allylic oxidation sites excluding steroid dienone is 2. The minimum absolute atomic E-state index is 0.0371. The standard InChI is InChI=1S/C61H95NO25/c1-56(2)18-29-28-12-13-36-57(3)16-15-38(86-54-49(76)46(73)43(70)34(85-54)24-82-53-48(75)44(71)42(69)33(83-53)23-81-52-47(74)40(67)31(65)21-80-52)58(4,25-63)35(57)14-17-59(36,5)60(28,6)19-37(66)61(29,26-64)20-39(56)87-55-50(77)45(72)41(68)32(84-55)22-79-51(78)27-10-8-9-11-30(27)62-7/h8-12,29,31-50,52-55,62-77H,13-26H2,1-7H3. The van der Waals surface area contributed by atoms with Crippen molar-refractivity contribution in [2.45, 2.75) is 228 Å². The number of rotatable bonds is 16. The Balaban J connectivity index is 0.809. The first kappa shape index (κ1) is 67.2. The van der Waals surface area contributed by atoms with Crippen LogP contribution in [0.2, 0.25) is 0 Å². The molecule has 0 spiro atoms. The van der Waals surface area contributed by atoms with Crippen LogP contribution in [0.5, 0.6) is 0 Å². The van der Waals surface area contributed by atoms with Gasteiger partial charge in [0.25, 0.3) is 0 Å². The average molecular weight is 1240 g/mol. The van der Waals surface area contributed by atoms with Crippen molar-refractivity contribution in [3.63, 3.8) is 0 Å². The van der Waals surface area contributed by atoms with Gasteiger partial charge in [-0.05, 0) is 103 Å². The monoisotopic (exact) mass is 1240 g/mol. The Bertz CT molecular complexity index is 2590. The van der Waals surface area contributed by atoms with Crippen molar-refractivity contribution in [3.8, 4) is 0 Å². The van der Waals surface area contributed by atoms with Gasteiger partial charge in [-0.3, -0.25) is 0 Å². The molecule has 0 aromatic heterocycles.